The Morgan fingerprint density at radius 3 is 2.65 bits per heavy atom. The van der Waals surface area contributed by atoms with Crippen molar-refractivity contribution >= 4 is 5.82 Å². The van der Waals surface area contributed by atoms with Gasteiger partial charge in [0.1, 0.15) is 5.82 Å². The summed E-state index contributed by atoms with van der Waals surface area (Å²) in [4.78, 5) is 4.06. The zero-order valence-corrected chi connectivity index (χ0v) is 10.7. The first-order valence-corrected chi connectivity index (χ1v) is 5.78. The Balaban J connectivity index is 2.79. The van der Waals surface area contributed by atoms with Gasteiger partial charge in [-0.05, 0) is 24.0 Å². The molecule has 1 heterocycles. The predicted octanol–water partition coefficient (Wildman–Crippen LogP) is 0.709. The molecule has 0 saturated heterocycles. The molecule has 5 heteroatoms. The number of pyridine rings is 1. The minimum Gasteiger partial charge on any atom is -0.383 e. The molecule has 0 fully saturated rings. The molecule has 17 heavy (non-hydrogen) atoms. The lowest BCUT2D eigenvalue weighted by molar-refractivity contribution is 0.0332. The Hall–Kier alpha value is -1.17. The molecule has 2 unspecified atom stereocenters. The number of nitrogens with zero attached hydrogens (tertiary/aromatic N) is 1. The minimum atomic E-state index is 0.0199. The van der Waals surface area contributed by atoms with Gasteiger partial charge in [0, 0.05) is 13.3 Å². The van der Waals surface area contributed by atoms with Gasteiger partial charge in [-0.1, -0.05) is 19.9 Å². The number of nitrogens with one attached hydrogen (secondary N) is 1. The molecule has 0 aromatic carbocycles. The van der Waals surface area contributed by atoms with Gasteiger partial charge in [0.15, 0.2) is 0 Å². The van der Waals surface area contributed by atoms with Crippen LogP contribution in [0.15, 0.2) is 18.3 Å². The topological polar surface area (TPSA) is 86.2 Å². The number of anilines is 1. The summed E-state index contributed by atoms with van der Waals surface area (Å²) in [6.07, 6.45) is 2.42. The lowest BCUT2D eigenvalue weighted by atomic mass is 9.94. The molecule has 0 aliphatic heterocycles. The number of rotatable bonds is 6. The molecule has 2 atom stereocenters. The predicted molar refractivity (Wildman–Crippen MR) is 69.1 cm³/mol. The number of methoxy groups -OCH3 is 1. The van der Waals surface area contributed by atoms with Crippen molar-refractivity contribution in [3.8, 4) is 0 Å². The summed E-state index contributed by atoms with van der Waals surface area (Å²) in [6.45, 7) is 4.20. The van der Waals surface area contributed by atoms with Gasteiger partial charge in [0.25, 0.3) is 0 Å². The molecule has 0 bridgehead atoms. The van der Waals surface area contributed by atoms with Crippen molar-refractivity contribution in [3.63, 3.8) is 0 Å². The van der Waals surface area contributed by atoms with Crippen LogP contribution in [-0.4, -0.2) is 24.2 Å². The molecule has 0 amide bonds. The van der Waals surface area contributed by atoms with Gasteiger partial charge in [-0.25, -0.2) is 4.98 Å². The van der Waals surface area contributed by atoms with Crippen molar-refractivity contribution in [2.75, 3.05) is 12.8 Å². The molecule has 5 N–H and O–H groups in total. The van der Waals surface area contributed by atoms with Gasteiger partial charge < -0.3 is 10.5 Å². The molecule has 96 valence electrons. The number of ether oxygens (including phenoxy) is 1. The van der Waals surface area contributed by atoms with Crippen LogP contribution in [0.1, 0.15) is 19.4 Å². The second-order valence-corrected chi connectivity index (χ2v) is 4.47. The van der Waals surface area contributed by atoms with Crippen LogP contribution in [0.5, 0.6) is 0 Å². The van der Waals surface area contributed by atoms with E-state index < -0.39 is 0 Å². The first-order valence-electron chi connectivity index (χ1n) is 5.78. The number of nitrogen functional groups attached to an aromatic ring is 1. The Morgan fingerprint density at radius 2 is 2.18 bits per heavy atom. The smallest absolute Gasteiger partial charge is 0.126 e. The van der Waals surface area contributed by atoms with Gasteiger partial charge in [-0.15, -0.1) is 0 Å². The first kappa shape index (κ1) is 13.9. The molecule has 1 aromatic rings. The van der Waals surface area contributed by atoms with Gasteiger partial charge in [0.2, 0.25) is 0 Å². The summed E-state index contributed by atoms with van der Waals surface area (Å²) in [5.41, 5.74) is 9.61. The SMILES string of the molecule is COC(C(C)C)C(Cc1cccnc1N)NN. The molecule has 0 radical (unpaired) electrons. The molecular weight excluding hydrogens is 216 g/mol. The fourth-order valence-corrected chi connectivity index (χ4v) is 2.03. The first-order chi connectivity index (χ1) is 8.10. The highest BCUT2D eigenvalue weighted by Gasteiger charge is 2.24. The van der Waals surface area contributed by atoms with Crippen LogP contribution in [0.4, 0.5) is 5.82 Å². The van der Waals surface area contributed by atoms with Crippen molar-refractivity contribution < 1.29 is 4.74 Å². The monoisotopic (exact) mass is 238 g/mol. The van der Waals surface area contributed by atoms with Gasteiger partial charge >= 0.3 is 0 Å². The van der Waals surface area contributed by atoms with E-state index in [9.17, 15) is 0 Å². The van der Waals surface area contributed by atoms with Gasteiger partial charge in [-0.3, -0.25) is 11.3 Å². The van der Waals surface area contributed by atoms with E-state index in [1.54, 1.807) is 13.3 Å². The van der Waals surface area contributed by atoms with Gasteiger partial charge in [0.05, 0.1) is 12.1 Å². The van der Waals surface area contributed by atoms with Crippen LogP contribution >= 0.6 is 0 Å². The van der Waals surface area contributed by atoms with Gasteiger partial charge in [-0.2, -0.15) is 0 Å². The quantitative estimate of drug-likeness (QED) is 0.502. The number of hydrazine groups is 1. The van der Waals surface area contributed by atoms with Crippen molar-refractivity contribution in [1.82, 2.24) is 10.4 Å². The number of hydrogen-bond donors (Lipinski definition) is 3. The molecule has 0 aliphatic carbocycles. The van der Waals surface area contributed by atoms with E-state index in [-0.39, 0.29) is 12.1 Å². The third-order valence-corrected chi connectivity index (χ3v) is 2.91. The van der Waals surface area contributed by atoms with E-state index in [0.29, 0.717) is 18.2 Å². The Kier molecular flexibility index (Phi) is 5.34. The lowest BCUT2D eigenvalue weighted by Crippen LogP contribution is -2.48. The number of hydrogen-bond acceptors (Lipinski definition) is 5. The van der Waals surface area contributed by atoms with E-state index in [2.05, 4.69) is 24.3 Å². The van der Waals surface area contributed by atoms with Crippen molar-refractivity contribution in [2.45, 2.75) is 32.4 Å². The van der Waals surface area contributed by atoms with E-state index in [1.807, 2.05) is 12.1 Å². The molecule has 5 nitrogen and oxygen atoms in total. The second kappa shape index (κ2) is 6.54. The van der Waals surface area contributed by atoms with Crippen molar-refractivity contribution in [2.24, 2.45) is 11.8 Å². The standard InChI is InChI=1S/C12H22N4O/c1-8(2)11(17-3)10(16-14)7-9-5-4-6-15-12(9)13/h4-6,8,10-11,16H,7,14H2,1-3H3,(H2,13,15). The summed E-state index contributed by atoms with van der Waals surface area (Å²) in [5.74, 6) is 6.52. The number of aromatic nitrogens is 1. The zero-order chi connectivity index (χ0) is 12.8. The van der Waals surface area contributed by atoms with Crippen LogP contribution < -0.4 is 17.0 Å². The maximum atomic E-state index is 5.82. The van der Waals surface area contributed by atoms with Crippen LogP contribution in [0, 0.1) is 5.92 Å². The lowest BCUT2D eigenvalue weighted by Gasteiger charge is -2.28. The fraction of sp³-hybridized carbons (Fsp3) is 0.583. The average molecular weight is 238 g/mol. The summed E-state index contributed by atoms with van der Waals surface area (Å²) in [7, 11) is 1.70. The maximum Gasteiger partial charge on any atom is 0.126 e. The van der Waals surface area contributed by atoms with Crippen LogP contribution in [0.25, 0.3) is 0 Å². The van der Waals surface area contributed by atoms with Crippen molar-refractivity contribution in [1.29, 1.82) is 0 Å². The Morgan fingerprint density at radius 1 is 1.47 bits per heavy atom. The second-order valence-electron chi connectivity index (χ2n) is 4.47. The average Bonchev–Trinajstić information content (AvgIpc) is 2.30. The zero-order valence-electron chi connectivity index (χ0n) is 10.7. The van der Waals surface area contributed by atoms with Crippen LogP contribution in [0.2, 0.25) is 0 Å². The highest BCUT2D eigenvalue weighted by Crippen LogP contribution is 2.16. The Labute approximate surface area is 103 Å². The van der Waals surface area contributed by atoms with Crippen LogP contribution in [0.3, 0.4) is 0 Å². The van der Waals surface area contributed by atoms with E-state index in [1.165, 1.54) is 0 Å². The van der Waals surface area contributed by atoms with E-state index >= 15 is 0 Å². The highest BCUT2D eigenvalue weighted by atomic mass is 16.5. The van der Waals surface area contributed by atoms with Crippen LogP contribution in [-0.2, 0) is 11.2 Å². The molecule has 0 aliphatic rings. The molecule has 1 aromatic heterocycles. The maximum absolute atomic E-state index is 5.82. The summed E-state index contributed by atoms with van der Waals surface area (Å²) in [5, 5.41) is 0. The minimum absolute atomic E-state index is 0.0199. The largest absolute Gasteiger partial charge is 0.383 e. The highest BCUT2D eigenvalue weighted by molar-refractivity contribution is 5.39. The molecule has 1 rings (SSSR count). The number of nitrogens with two attached hydrogens (primary N) is 2. The summed E-state index contributed by atoms with van der Waals surface area (Å²) >= 11 is 0. The third-order valence-electron chi connectivity index (χ3n) is 2.91. The molecule has 0 spiro atoms. The fourth-order valence-electron chi connectivity index (χ4n) is 2.03. The molecular formula is C12H22N4O. The Bertz CT molecular complexity index is 343. The van der Waals surface area contributed by atoms with E-state index in [0.717, 1.165) is 5.56 Å². The third kappa shape index (κ3) is 3.66. The summed E-state index contributed by atoms with van der Waals surface area (Å²) < 4.78 is 5.47. The van der Waals surface area contributed by atoms with Crippen molar-refractivity contribution in [3.05, 3.63) is 23.9 Å². The normalized spacial score (nSPS) is 14.9. The van der Waals surface area contributed by atoms with E-state index in [4.69, 9.17) is 16.3 Å². The summed E-state index contributed by atoms with van der Waals surface area (Å²) in [6, 6.07) is 3.85. The molecule has 0 saturated carbocycles.